The van der Waals surface area contributed by atoms with E-state index < -0.39 is 11.2 Å². The second-order valence-electron chi connectivity index (χ2n) is 7.95. The molecule has 0 aliphatic carbocycles. The molecule has 2 aromatic rings. The molecule has 0 amide bonds. The van der Waals surface area contributed by atoms with E-state index in [0.717, 1.165) is 23.0 Å². The summed E-state index contributed by atoms with van der Waals surface area (Å²) in [5.74, 6) is 0.916. The topological polar surface area (TPSA) is 80.6 Å². The SMILES string of the molecule is CC(C)c1ccc2c(c1)nc1c(=O)[nH]c(=O)nc-1n2CCC(C)c1ccc(Cl)cc1. The summed E-state index contributed by atoms with van der Waals surface area (Å²) in [6.45, 7) is 6.96. The summed E-state index contributed by atoms with van der Waals surface area (Å²) >= 11 is 6.00. The van der Waals surface area contributed by atoms with E-state index in [9.17, 15) is 9.59 Å². The zero-order valence-electron chi connectivity index (χ0n) is 17.1. The van der Waals surface area contributed by atoms with Gasteiger partial charge in [0, 0.05) is 11.6 Å². The molecular formula is C23H23ClN4O2. The van der Waals surface area contributed by atoms with Crippen LogP contribution in [-0.2, 0) is 6.54 Å². The molecule has 1 atom stereocenters. The van der Waals surface area contributed by atoms with Gasteiger partial charge in [-0.15, -0.1) is 0 Å². The number of nitrogens with one attached hydrogen (secondary N) is 1. The Kier molecular flexibility index (Phi) is 5.43. The number of nitrogens with zero attached hydrogens (tertiary/aromatic N) is 3. The van der Waals surface area contributed by atoms with Crippen molar-refractivity contribution in [2.24, 2.45) is 0 Å². The summed E-state index contributed by atoms with van der Waals surface area (Å²) in [5, 5.41) is 0.707. The quantitative estimate of drug-likeness (QED) is 0.478. The zero-order valence-corrected chi connectivity index (χ0v) is 17.9. The Hall–Kier alpha value is -2.99. The Morgan fingerprint density at radius 1 is 1.00 bits per heavy atom. The highest BCUT2D eigenvalue weighted by Crippen LogP contribution is 2.27. The van der Waals surface area contributed by atoms with Gasteiger partial charge in [0.25, 0.3) is 5.56 Å². The van der Waals surface area contributed by atoms with E-state index in [1.54, 1.807) is 0 Å². The normalized spacial score (nSPS) is 12.7. The number of halogens is 1. The van der Waals surface area contributed by atoms with Crippen LogP contribution in [0, 0.1) is 0 Å². The van der Waals surface area contributed by atoms with Crippen molar-refractivity contribution >= 4 is 22.6 Å². The van der Waals surface area contributed by atoms with E-state index in [-0.39, 0.29) is 11.6 Å². The van der Waals surface area contributed by atoms with Crippen LogP contribution < -0.4 is 11.2 Å². The van der Waals surface area contributed by atoms with Gasteiger partial charge in [0.1, 0.15) is 0 Å². The molecule has 1 unspecified atom stereocenters. The number of fused-ring (bicyclic) bond motifs is 2. The predicted molar refractivity (Wildman–Crippen MR) is 120 cm³/mol. The van der Waals surface area contributed by atoms with Crippen molar-refractivity contribution in [3.63, 3.8) is 0 Å². The summed E-state index contributed by atoms with van der Waals surface area (Å²) in [4.78, 5) is 35.2. The average molecular weight is 423 g/mol. The van der Waals surface area contributed by atoms with Crippen molar-refractivity contribution in [2.75, 3.05) is 0 Å². The van der Waals surface area contributed by atoms with Crippen LogP contribution in [0.5, 0.6) is 0 Å². The first-order valence-corrected chi connectivity index (χ1v) is 10.4. The van der Waals surface area contributed by atoms with Crippen LogP contribution in [0.4, 0.5) is 0 Å². The van der Waals surface area contributed by atoms with Gasteiger partial charge in [0.2, 0.25) is 0 Å². The lowest BCUT2D eigenvalue weighted by atomic mass is 9.97. The maximum atomic E-state index is 12.4. The van der Waals surface area contributed by atoms with Crippen molar-refractivity contribution in [3.05, 3.63) is 79.5 Å². The molecule has 1 N–H and O–H groups in total. The molecule has 4 rings (SSSR count). The Balaban J connectivity index is 1.81. The molecule has 2 heterocycles. The van der Waals surface area contributed by atoms with Crippen LogP contribution >= 0.6 is 11.6 Å². The van der Waals surface area contributed by atoms with E-state index in [1.807, 2.05) is 41.0 Å². The first-order chi connectivity index (χ1) is 14.3. The van der Waals surface area contributed by atoms with E-state index in [1.165, 1.54) is 5.56 Å². The molecule has 0 saturated carbocycles. The highest BCUT2D eigenvalue weighted by molar-refractivity contribution is 6.30. The second-order valence-corrected chi connectivity index (χ2v) is 8.39. The molecular weight excluding hydrogens is 400 g/mol. The molecule has 0 radical (unpaired) electrons. The van der Waals surface area contributed by atoms with Crippen molar-refractivity contribution < 1.29 is 0 Å². The van der Waals surface area contributed by atoms with Gasteiger partial charge in [-0.3, -0.25) is 9.78 Å². The third-order valence-electron chi connectivity index (χ3n) is 5.52. The predicted octanol–water partition coefficient (Wildman–Crippen LogP) is 4.56. The molecule has 2 aliphatic heterocycles. The summed E-state index contributed by atoms with van der Waals surface area (Å²) in [7, 11) is 0. The molecule has 0 saturated heterocycles. The summed E-state index contributed by atoms with van der Waals surface area (Å²) in [6, 6.07) is 13.9. The fraction of sp³-hybridized carbons (Fsp3) is 0.304. The van der Waals surface area contributed by atoms with Gasteiger partial charge in [-0.05, 0) is 53.6 Å². The minimum absolute atomic E-state index is 0.183. The molecule has 6 nitrogen and oxygen atoms in total. The number of hydrogen-bond acceptors (Lipinski definition) is 4. The van der Waals surface area contributed by atoms with Crippen molar-refractivity contribution in [3.8, 4) is 11.5 Å². The van der Waals surface area contributed by atoms with Gasteiger partial charge in [-0.1, -0.05) is 50.6 Å². The fourth-order valence-electron chi connectivity index (χ4n) is 3.68. The first-order valence-electron chi connectivity index (χ1n) is 10.0. The summed E-state index contributed by atoms with van der Waals surface area (Å²) in [6.07, 6.45) is 0.801. The number of aromatic nitrogens is 4. The molecule has 7 heteroatoms. The van der Waals surface area contributed by atoms with Crippen LogP contribution in [0.1, 0.15) is 50.2 Å². The zero-order chi connectivity index (χ0) is 21.4. The Morgan fingerprint density at radius 3 is 2.40 bits per heavy atom. The summed E-state index contributed by atoms with van der Waals surface area (Å²) < 4.78 is 1.94. The van der Waals surface area contributed by atoms with Crippen LogP contribution in [0.3, 0.4) is 0 Å². The van der Waals surface area contributed by atoms with Crippen molar-refractivity contribution in [1.82, 2.24) is 19.5 Å². The lowest BCUT2D eigenvalue weighted by Crippen LogP contribution is -2.29. The van der Waals surface area contributed by atoms with Crippen LogP contribution in [0.2, 0.25) is 5.02 Å². The van der Waals surface area contributed by atoms with E-state index in [2.05, 4.69) is 41.8 Å². The number of hydrogen-bond donors (Lipinski definition) is 1. The van der Waals surface area contributed by atoms with Gasteiger partial charge in [-0.2, -0.15) is 4.98 Å². The minimum Gasteiger partial charge on any atom is -0.322 e. The Morgan fingerprint density at radius 2 is 1.70 bits per heavy atom. The number of aromatic amines is 1. The third kappa shape index (κ3) is 3.87. The molecule has 0 aromatic heterocycles. The number of aryl methyl sites for hydroxylation is 1. The maximum absolute atomic E-state index is 12.4. The van der Waals surface area contributed by atoms with Gasteiger partial charge < -0.3 is 4.57 Å². The molecule has 0 fully saturated rings. The molecule has 154 valence electrons. The van der Waals surface area contributed by atoms with Crippen LogP contribution in [-0.4, -0.2) is 19.5 Å². The van der Waals surface area contributed by atoms with Crippen LogP contribution in [0.25, 0.3) is 22.6 Å². The van der Waals surface area contributed by atoms with Crippen LogP contribution in [0.15, 0.2) is 52.1 Å². The van der Waals surface area contributed by atoms with Gasteiger partial charge in [-0.25, -0.2) is 9.78 Å². The summed E-state index contributed by atoms with van der Waals surface area (Å²) in [5.41, 5.74) is 2.90. The van der Waals surface area contributed by atoms with E-state index >= 15 is 0 Å². The number of benzene rings is 2. The lowest BCUT2D eigenvalue weighted by Gasteiger charge is -2.19. The van der Waals surface area contributed by atoms with Gasteiger partial charge in [0.05, 0.1) is 11.0 Å². The van der Waals surface area contributed by atoms with Crippen molar-refractivity contribution in [1.29, 1.82) is 0 Å². The van der Waals surface area contributed by atoms with E-state index in [4.69, 9.17) is 11.6 Å². The average Bonchev–Trinajstić information content (AvgIpc) is 2.71. The first kappa shape index (κ1) is 20.3. The fourth-order valence-corrected chi connectivity index (χ4v) is 3.81. The maximum Gasteiger partial charge on any atom is 0.349 e. The van der Waals surface area contributed by atoms with Crippen molar-refractivity contribution in [2.45, 2.75) is 45.6 Å². The molecule has 2 aromatic carbocycles. The smallest absolute Gasteiger partial charge is 0.322 e. The largest absolute Gasteiger partial charge is 0.349 e. The molecule has 0 spiro atoms. The Labute approximate surface area is 178 Å². The van der Waals surface area contributed by atoms with Gasteiger partial charge >= 0.3 is 5.69 Å². The second kappa shape index (κ2) is 8.03. The highest BCUT2D eigenvalue weighted by atomic mass is 35.5. The minimum atomic E-state index is -0.660. The number of rotatable bonds is 5. The number of H-pyrrole nitrogens is 1. The highest BCUT2D eigenvalue weighted by Gasteiger charge is 2.19. The van der Waals surface area contributed by atoms with Gasteiger partial charge in [0.15, 0.2) is 11.5 Å². The Bertz CT molecular complexity index is 1290. The lowest BCUT2D eigenvalue weighted by molar-refractivity contribution is 0.582. The third-order valence-corrected chi connectivity index (χ3v) is 5.78. The molecule has 30 heavy (non-hydrogen) atoms. The standard InChI is InChI=1S/C23H23ClN4O2/c1-13(2)16-6-9-19-18(12-16)25-20-21(26-23(30)27-22(20)29)28(19)11-10-14(3)15-4-7-17(24)8-5-15/h4-9,12-14H,10-11H2,1-3H3,(H,27,29,30). The molecule has 0 bridgehead atoms. The monoisotopic (exact) mass is 422 g/mol. The molecule has 2 aliphatic rings. The van der Waals surface area contributed by atoms with E-state index in [0.29, 0.717) is 23.3 Å².